The van der Waals surface area contributed by atoms with Gasteiger partial charge in [-0.1, -0.05) is 103 Å². The van der Waals surface area contributed by atoms with Crippen LogP contribution >= 0.6 is 0 Å². The zero-order chi connectivity index (χ0) is 31.2. The number of furan rings is 1. The number of pyridine rings is 1. The maximum absolute atomic E-state index is 6.51. The summed E-state index contributed by atoms with van der Waals surface area (Å²) in [7, 11) is 0. The maximum atomic E-state index is 6.51. The van der Waals surface area contributed by atoms with Crippen LogP contribution in [0.3, 0.4) is 0 Å². The number of hydrogen-bond acceptors (Lipinski definition) is 4. The molecule has 9 aromatic rings. The highest BCUT2D eigenvalue weighted by molar-refractivity contribution is 6.10. The van der Waals surface area contributed by atoms with E-state index in [1.807, 2.05) is 42.5 Å². The van der Waals surface area contributed by atoms with Crippen molar-refractivity contribution in [3.8, 4) is 56.2 Å². The Balaban J connectivity index is 1.31. The van der Waals surface area contributed by atoms with Gasteiger partial charge < -0.3 is 4.42 Å². The van der Waals surface area contributed by atoms with Gasteiger partial charge in [-0.3, -0.25) is 4.98 Å². The number of rotatable bonds is 5. The fourth-order valence-electron chi connectivity index (χ4n) is 6.42. The Morgan fingerprint density at radius 1 is 0.404 bits per heavy atom. The highest BCUT2D eigenvalue weighted by atomic mass is 16.3. The van der Waals surface area contributed by atoms with Crippen LogP contribution in [0, 0.1) is 0 Å². The Morgan fingerprint density at radius 3 is 1.98 bits per heavy atom. The molecule has 0 N–H and O–H groups in total. The van der Waals surface area contributed by atoms with Gasteiger partial charge in [-0.15, -0.1) is 0 Å². The van der Waals surface area contributed by atoms with Crippen molar-refractivity contribution in [1.82, 2.24) is 15.0 Å². The molecular formula is C43H27N3O. The molecule has 3 heterocycles. The van der Waals surface area contributed by atoms with Crippen LogP contribution < -0.4 is 0 Å². The number of nitrogens with zero attached hydrogens (tertiary/aromatic N) is 3. The standard InChI is InChI=1S/C43H27N3O/c1-2-10-30(11-3-1)43-45-39(29-19-21-44-22-20-29)27-40(46-43)35-25-33(32-18-17-28-9-4-5-12-31(28)23-32)24-34(26-35)36-14-8-15-38-37-13-6-7-16-41(37)47-42(36)38/h1-27H. The largest absolute Gasteiger partial charge is 0.455 e. The third-order valence-electron chi connectivity index (χ3n) is 8.76. The predicted molar refractivity (Wildman–Crippen MR) is 192 cm³/mol. The lowest BCUT2D eigenvalue weighted by atomic mass is 9.93. The Morgan fingerprint density at radius 2 is 1.11 bits per heavy atom. The van der Waals surface area contributed by atoms with E-state index in [2.05, 4.69) is 114 Å². The smallest absolute Gasteiger partial charge is 0.160 e. The van der Waals surface area contributed by atoms with Gasteiger partial charge >= 0.3 is 0 Å². The molecule has 0 aliphatic rings. The first-order valence-corrected chi connectivity index (χ1v) is 15.7. The molecule has 0 bridgehead atoms. The summed E-state index contributed by atoms with van der Waals surface area (Å²) in [5.41, 5.74) is 10.7. The molecule has 4 heteroatoms. The molecular weight excluding hydrogens is 574 g/mol. The Labute approximate surface area is 271 Å². The monoisotopic (exact) mass is 601 g/mol. The van der Waals surface area contributed by atoms with Crippen LogP contribution in [0.2, 0.25) is 0 Å². The first-order valence-electron chi connectivity index (χ1n) is 15.7. The van der Waals surface area contributed by atoms with E-state index in [-0.39, 0.29) is 0 Å². The summed E-state index contributed by atoms with van der Waals surface area (Å²) >= 11 is 0. The average molecular weight is 602 g/mol. The zero-order valence-corrected chi connectivity index (χ0v) is 25.3. The van der Waals surface area contributed by atoms with Gasteiger partial charge in [-0.05, 0) is 76.0 Å². The summed E-state index contributed by atoms with van der Waals surface area (Å²) < 4.78 is 6.51. The molecule has 0 atom stereocenters. The van der Waals surface area contributed by atoms with Crippen molar-refractivity contribution in [3.63, 3.8) is 0 Å². The highest BCUT2D eigenvalue weighted by Gasteiger charge is 2.17. The molecule has 47 heavy (non-hydrogen) atoms. The van der Waals surface area contributed by atoms with E-state index in [1.165, 1.54) is 10.8 Å². The molecule has 0 amide bonds. The third-order valence-corrected chi connectivity index (χ3v) is 8.76. The lowest BCUT2D eigenvalue weighted by molar-refractivity contribution is 0.670. The quantitative estimate of drug-likeness (QED) is 0.197. The average Bonchev–Trinajstić information content (AvgIpc) is 3.54. The van der Waals surface area contributed by atoms with Gasteiger partial charge in [0.05, 0.1) is 11.4 Å². The maximum Gasteiger partial charge on any atom is 0.160 e. The number of benzene rings is 6. The van der Waals surface area contributed by atoms with Crippen LogP contribution in [-0.4, -0.2) is 15.0 Å². The minimum absolute atomic E-state index is 0.673. The van der Waals surface area contributed by atoms with Crippen molar-refractivity contribution in [2.24, 2.45) is 0 Å². The first-order chi connectivity index (χ1) is 23.3. The van der Waals surface area contributed by atoms with Gasteiger partial charge in [-0.25, -0.2) is 9.97 Å². The number of aromatic nitrogens is 3. The van der Waals surface area contributed by atoms with Crippen molar-refractivity contribution in [1.29, 1.82) is 0 Å². The second-order valence-corrected chi connectivity index (χ2v) is 11.7. The van der Waals surface area contributed by atoms with Crippen LogP contribution in [0.5, 0.6) is 0 Å². The van der Waals surface area contributed by atoms with E-state index in [9.17, 15) is 0 Å². The van der Waals surface area contributed by atoms with Crippen LogP contribution in [0.1, 0.15) is 0 Å². The van der Waals surface area contributed by atoms with E-state index in [4.69, 9.17) is 14.4 Å². The van der Waals surface area contributed by atoms with E-state index in [1.54, 1.807) is 12.4 Å². The molecule has 4 nitrogen and oxygen atoms in total. The topological polar surface area (TPSA) is 51.8 Å². The molecule has 0 unspecified atom stereocenters. The molecule has 0 saturated carbocycles. The van der Waals surface area contributed by atoms with E-state index >= 15 is 0 Å². The Hall–Kier alpha value is -6.39. The van der Waals surface area contributed by atoms with Crippen molar-refractivity contribution < 1.29 is 4.42 Å². The number of para-hydroxylation sites is 2. The summed E-state index contributed by atoms with van der Waals surface area (Å²) in [5, 5.41) is 4.62. The molecule has 9 rings (SSSR count). The highest BCUT2D eigenvalue weighted by Crippen LogP contribution is 2.40. The molecule has 0 spiro atoms. The fourth-order valence-corrected chi connectivity index (χ4v) is 6.42. The van der Waals surface area contributed by atoms with Crippen molar-refractivity contribution in [3.05, 3.63) is 164 Å². The van der Waals surface area contributed by atoms with Crippen molar-refractivity contribution in [2.45, 2.75) is 0 Å². The molecule has 3 aromatic heterocycles. The minimum Gasteiger partial charge on any atom is -0.455 e. The normalized spacial score (nSPS) is 11.4. The fraction of sp³-hybridized carbons (Fsp3) is 0. The van der Waals surface area contributed by atoms with Gasteiger partial charge in [0.1, 0.15) is 11.2 Å². The lowest BCUT2D eigenvalue weighted by Gasteiger charge is -2.14. The van der Waals surface area contributed by atoms with Gasteiger partial charge in [0, 0.05) is 45.4 Å². The van der Waals surface area contributed by atoms with E-state index < -0.39 is 0 Å². The molecule has 6 aromatic carbocycles. The van der Waals surface area contributed by atoms with Gasteiger partial charge in [0.2, 0.25) is 0 Å². The first kappa shape index (κ1) is 27.0. The van der Waals surface area contributed by atoms with Crippen LogP contribution in [0.25, 0.3) is 88.9 Å². The summed E-state index contributed by atoms with van der Waals surface area (Å²) in [6.45, 7) is 0. The van der Waals surface area contributed by atoms with E-state index in [0.29, 0.717) is 5.82 Å². The summed E-state index contributed by atoms with van der Waals surface area (Å²) in [6, 6.07) is 52.7. The molecule has 0 saturated heterocycles. The second kappa shape index (κ2) is 11.2. The minimum atomic E-state index is 0.673. The summed E-state index contributed by atoms with van der Waals surface area (Å²) in [5.74, 6) is 0.673. The third kappa shape index (κ3) is 4.93. The molecule has 0 fully saturated rings. The molecule has 0 radical (unpaired) electrons. The van der Waals surface area contributed by atoms with Gasteiger partial charge in [0.25, 0.3) is 0 Å². The predicted octanol–water partition coefficient (Wildman–Crippen LogP) is 11.3. The van der Waals surface area contributed by atoms with Crippen molar-refractivity contribution in [2.75, 3.05) is 0 Å². The number of hydrogen-bond donors (Lipinski definition) is 0. The van der Waals surface area contributed by atoms with Crippen molar-refractivity contribution >= 4 is 32.7 Å². The van der Waals surface area contributed by atoms with Crippen LogP contribution in [0.15, 0.2) is 168 Å². The number of fused-ring (bicyclic) bond motifs is 4. The van der Waals surface area contributed by atoms with Gasteiger partial charge in [0.15, 0.2) is 5.82 Å². The van der Waals surface area contributed by atoms with Crippen LogP contribution in [-0.2, 0) is 0 Å². The molecule has 220 valence electrons. The Bertz CT molecular complexity index is 2510. The van der Waals surface area contributed by atoms with E-state index in [0.717, 1.165) is 72.3 Å². The van der Waals surface area contributed by atoms with Crippen LogP contribution in [0.4, 0.5) is 0 Å². The molecule has 0 aliphatic heterocycles. The lowest BCUT2D eigenvalue weighted by Crippen LogP contribution is -1.96. The zero-order valence-electron chi connectivity index (χ0n) is 25.3. The van der Waals surface area contributed by atoms with Gasteiger partial charge in [-0.2, -0.15) is 0 Å². The SMILES string of the molecule is c1ccc(-c2nc(-c3ccncc3)cc(-c3cc(-c4ccc5ccccc5c4)cc(-c4cccc5c4oc4ccccc45)c3)n2)cc1. The second-order valence-electron chi connectivity index (χ2n) is 11.7. The summed E-state index contributed by atoms with van der Waals surface area (Å²) in [4.78, 5) is 14.4. The molecule has 0 aliphatic carbocycles. The summed E-state index contributed by atoms with van der Waals surface area (Å²) in [6.07, 6.45) is 3.59. The Kier molecular flexibility index (Phi) is 6.43.